The third-order valence-corrected chi connectivity index (χ3v) is 6.05. The third kappa shape index (κ3) is 6.61. The Morgan fingerprint density at radius 3 is 1.93 bits per heavy atom. The highest BCUT2D eigenvalue weighted by Crippen LogP contribution is 2.26. The molecule has 0 aliphatic heterocycles. The van der Waals surface area contributed by atoms with E-state index in [4.69, 9.17) is 4.74 Å². The minimum atomic E-state index is -0.453. The SMILES string of the molecule is C=CC(=O)Sc1ccc(/C(C)=C(\C)C(=O)Oc2ccc(SC(=O)C(=C)C)cc2)cc1. The Morgan fingerprint density at radius 2 is 1.40 bits per heavy atom. The maximum Gasteiger partial charge on any atom is 0.339 e. The normalized spacial score (nSPS) is 11.3. The van der Waals surface area contributed by atoms with Crippen LogP contribution in [0.5, 0.6) is 5.75 Å². The number of carbonyl (C=O) groups is 3. The van der Waals surface area contributed by atoms with Crippen LogP contribution in [-0.2, 0) is 14.4 Å². The fourth-order valence-electron chi connectivity index (χ4n) is 2.25. The van der Waals surface area contributed by atoms with Crippen LogP contribution in [0.1, 0.15) is 26.3 Å². The fourth-order valence-corrected chi connectivity index (χ4v) is 3.50. The Morgan fingerprint density at radius 1 is 0.867 bits per heavy atom. The van der Waals surface area contributed by atoms with Crippen molar-refractivity contribution in [2.45, 2.75) is 30.6 Å². The Balaban J connectivity index is 2.07. The molecular formula is C24H22O4S2. The fraction of sp³-hybridized carbons (Fsp3) is 0.125. The molecule has 0 saturated heterocycles. The number of esters is 1. The Bertz CT molecular complexity index is 1020. The lowest BCUT2D eigenvalue weighted by Gasteiger charge is -2.10. The molecule has 0 aliphatic carbocycles. The van der Waals surface area contributed by atoms with E-state index in [-0.39, 0.29) is 10.2 Å². The molecule has 0 spiro atoms. The summed E-state index contributed by atoms with van der Waals surface area (Å²) in [5.74, 6) is -0.0554. The van der Waals surface area contributed by atoms with E-state index in [2.05, 4.69) is 13.2 Å². The van der Waals surface area contributed by atoms with Crippen molar-refractivity contribution < 1.29 is 19.1 Å². The van der Waals surface area contributed by atoms with Crippen LogP contribution in [0.2, 0.25) is 0 Å². The van der Waals surface area contributed by atoms with E-state index in [9.17, 15) is 14.4 Å². The van der Waals surface area contributed by atoms with E-state index in [0.29, 0.717) is 16.9 Å². The quantitative estimate of drug-likeness (QED) is 0.226. The van der Waals surface area contributed by atoms with Gasteiger partial charge in [0, 0.05) is 15.4 Å². The van der Waals surface area contributed by atoms with Crippen molar-refractivity contribution in [3.63, 3.8) is 0 Å². The minimum absolute atomic E-state index is 0.104. The molecule has 0 aliphatic rings. The molecular weight excluding hydrogens is 416 g/mol. The van der Waals surface area contributed by atoms with Crippen LogP contribution in [0.15, 0.2) is 88.7 Å². The predicted molar refractivity (Wildman–Crippen MR) is 124 cm³/mol. The Hall–Kier alpha value is -2.83. The lowest BCUT2D eigenvalue weighted by molar-refractivity contribution is -0.130. The van der Waals surface area contributed by atoms with E-state index < -0.39 is 5.97 Å². The zero-order valence-electron chi connectivity index (χ0n) is 17.1. The molecule has 0 fully saturated rings. The molecule has 0 aromatic heterocycles. The number of benzene rings is 2. The third-order valence-electron chi connectivity index (χ3n) is 4.13. The molecule has 2 aromatic carbocycles. The van der Waals surface area contributed by atoms with Gasteiger partial charge in [-0.2, -0.15) is 0 Å². The molecule has 154 valence electrons. The van der Waals surface area contributed by atoms with E-state index in [1.807, 2.05) is 31.2 Å². The minimum Gasteiger partial charge on any atom is -0.423 e. The molecule has 0 atom stereocenters. The molecule has 0 radical (unpaired) electrons. The summed E-state index contributed by atoms with van der Waals surface area (Å²) in [6.07, 6.45) is 1.27. The number of hydrogen-bond acceptors (Lipinski definition) is 6. The molecule has 2 rings (SSSR count). The van der Waals surface area contributed by atoms with Crippen molar-refractivity contribution in [1.82, 2.24) is 0 Å². The summed E-state index contributed by atoms with van der Waals surface area (Å²) in [6.45, 7) is 12.3. The number of allylic oxidation sites excluding steroid dienone is 1. The number of rotatable bonds is 7. The van der Waals surface area contributed by atoms with Gasteiger partial charge in [0.15, 0.2) is 0 Å². The average molecular weight is 439 g/mol. The second kappa shape index (κ2) is 10.8. The van der Waals surface area contributed by atoms with Gasteiger partial charge in [-0.1, -0.05) is 25.3 Å². The van der Waals surface area contributed by atoms with Crippen LogP contribution >= 0.6 is 23.5 Å². The van der Waals surface area contributed by atoms with Gasteiger partial charge >= 0.3 is 5.97 Å². The highest BCUT2D eigenvalue weighted by Gasteiger charge is 2.13. The molecule has 30 heavy (non-hydrogen) atoms. The topological polar surface area (TPSA) is 60.4 Å². The second-order valence-corrected chi connectivity index (χ2v) is 8.55. The lowest BCUT2D eigenvalue weighted by Crippen LogP contribution is -2.10. The number of carbonyl (C=O) groups excluding carboxylic acids is 3. The first kappa shape index (κ1) is 23.4. The molecule has 6 heteroatoms. The van der Waals surface area contributed by atoms with Gasteiger partial charge in [0.05, 0.1) is 0 Å². The Kier molecular flexibility index (Phi) is 8.45. The predicted octanol–water partition coefficient (Wildman–Crippen LogP) is 6.09. The standard InChI is InChI=1S/C24H22O4S2/c1-6-22(25)29-20-11-7-18(8-12-20)16(4)17(5)23(26)28-19-9-13-21(14-10-19)30-24(27)15(2)3/h6-14H,1-2H2,3-5H3/b17-16+. The van der Waals surface area contributed by atoms with Crippen LogP contribution < -0.4 is 4.74 Å². The van der Waals surface area contributed by atoms with E-state index in [1.165, 1.54) is 6.08 Å². The molecule has 2 aromatic rings. The zero-order valence-corrected chi connectivity index (χ0v) is 18.7. The van der Waals surface area contributed by atoms with Crippen LogP contribution in [-0.4, -0.2) is 16.2 Å². The molecule has 0 N–H and O–H groups in total. The largest absolute Gasteiger partial charge is 0.423 e. The maximum atomic E-state index is 12.5. The van der Waals surface area contributed by atoms with Crippen molar-refractivity contribution in [3.05, 3.63) is 84.5 Å². The second-order valence-electron chi connectivity index (χ2n) is 6.43. The summed E-state index contributed by atoms with van der Waals surface area (Å²) in [6, 6.07) is 14.1. The van der Waals surface area contributed by atoms with Crippen molar-refractivity contribution in [2.75, 3.05) is 0 Å². The maximum absolute atomic E-state index is 12.5. The number of hydrogen-bond donors (Lipinski definition) is 0. The van der Waals surface area contributed by atoms with Gasteiger partial charge in [-0.15, -0.1) is 0 Å². The monoisotopic (exact) mass is 438 g/mol. The smallest absolute Gasteiger partial charge is 0.339 e. The summed E-state index contributed by atoms with van der Waals surface area (Å²) < 4.78 is 5.45. The number of thioether (sulfide) groups is 2. The molecule has 0 heterocycles. The lowest BCUT2D eigenvalue weighted by atomic mass is 10.0. The summed E-state index contributed by atoms with van der Waals surface area (Å²) in [7, 11) is 0. The van der Waals surface area contributed by atoms with Gasteiger partial charge in [-0.05, 0) is 103 Å². The molecule has 0 bridgehead atoms. The van der Waals surface area contributed by atoms with E-state index in [0.717, 1.165) is 44.5 Å². The van der Waals surface area contributed by atoms with Gasteiger partial charge in [-0.25, -0.2) is 4.79 Å². The summed E-state index contributed by atoms with van der Waals surface area (Å²) >= 11 is 2.17. The first-order valence-corrected chi connectivity index (χ1v) is 10.7. The number of ether oxygens (including phenoxy) is 1. The Labute approximate surface area is 185 Å². The van der Waals surface area contributed by atoms with Crippen molar-refractivity contribution in [2.24, 2.45) is 0 Å². The van der Waals surface area contributed by atoms with Crippen LogP contribution in [0.3, 0.4) is 0 Å². The molecule has 4 nitrogen and oxygen atoms in total. The van der Waals surface area contributed by atoms with Crippen LogP contribution in [0, 0.1) is 0 Å². The summed E-state index contributed by atoms with van der Waals surface area (Å²) in [4.78, 5) is 37.2. The average Bonchev–Trinajstić information content (AvgIpc) is 2.74. The van der Waals surface area contributed by atoms with Gasteiger partial charge in [-0.3, -0.25) is 9.59 Å². The first-order valence-electron chi connectivity index (χ1n) is 9.03. The molecule has 0 saturated carbocycles. The molecule has 0 unspecified atom stereocenters. The molecule has 0 amide bonds. The van der Waals surface area contributed by atoms with Gasteiger partial charge in [0.2, 0.25) is 10.2 Å². The van der Waals surface area contributed by atoms with Gasteiger partial charge in [0.25, 0.3) is 0 Å². The highest BCUT2D eigenvalue weighted by molar-refractivity contribution is 8.14. The van der Waals surface area contributed by atoms with Crippen molar-refractivity contribution in [1.29, 1.82) is 0 Å². The van der Waals surface area contributed by atoms with Gasteiger partial charge in [0.1, 0.15) is 5.75 Å². The summed E-state index contributed by atoms with van der Waals surface area (Å²) in [5, 5.41) is -0.226. The van der Waals surface area contributed by atoms with E-state index in [1.54, 1.807) is 38.1 Å². The van der Waals surface area contributed by atoms with Gasteiger partial charge < -0.3 is 4.74 Å². The zero-order chi connectivity index (χ0) is 22.3. The van der Waals surface area contributed by atoms with E-state index >= 15 is 0 Å². The van der Waals surface area contributed by atoms with Crippen molar-refractivity contribution >= 4 is 45.3 Å². The van der Waals surface area contributed by atoms with Crippen molar-refractivity contribution in [3.8, 4) is 5.75 Å². The first-order chi connectivity index (χ1) is 14.2. The highest BCUT2D eigenvalue weighted by atomic mass is 32.2. The van der Waals surface area contributed by atoms with Crippen LogP contribution in [0.25, 0.3) is 5.57 Å². The van der Waals surface area contributed by atoms with Crippen LogP contribution in [0.4, 0.5) is 0 Å². The summed E-state index contributed by atoms with van der Waals surface area (Å²) in [5.41, 5.74) is 2.61.